The Balaban J connectivity index is 1.20. The second kappa shape index (κ2) is 6.45. The topological polar surface area (TPSA) is 54.9 Å². The largest absolute Gasteiger partial charge is 0.275 e. The second-order valence-electron chi connectivity index (χ2n) is 9.34. The van der Waals surface area contributed by atoms with Crippen LogP contribution in [0.2, 0.25) is 0 Å². The van der Waals surface area contributed by atoms with Gasteiger partial charge in [-0.15, -0.1) is 0 Å². The number of para-hydroxylation sites is 1. The molecule has 0 spiro atoms. The van der Waals surface area contributed by atoms with Gasteiger partial charge in [-0.25, -0.2) is 18.6 Å². The van der Waals surface area contributed by atoms with Crippen LogP contribution in [0.25, 0.3) is 15.7 Å². The lowest BCUT2D eigenvalue weighted by Gasteiger charge is -2.69. The maximum absolute atomic E-state index is 13.7. The van der Waals surface area contributed by atoms with Gasteiger partial charge in [0.1, 0.15) is 11.6 Å². The van der Waals surface area contributed by atoms with Gasteiger partial charge < -0.3 is 0 Å². The molecule has 7 rings (SSSR count). The van der Waals surface area contributed by atoms with Crippen LogP contribution < -0.4 is 0 Å². The SMILES string of the molecule is [C-]#[N+]c1cccc2cnn(CC34CC(C(=O)N5N=CCC5c5cc(F)cc(F)c5)(C3)C4)c12. The molecule has 6 nitrogen and oxygen atoms in total. The average Bonchev–Trinajstić information content (AvgIpc) is 3.35. The van der Waals surface area contributed by atoms with Crippen LogP contribution in [0.3, 0.4) is 0 Å². The number of carbonyl (C=O) groups is 1. The number of fused-ring (bicyclic) bond motifs is 1. The first kappa shape index (κ1) is 19.1. The quantitative estimate of drug-likeness (QED) is 0.546. The maximum atomic E-state index is 13.7. The molecule has 0 N–H and O–H groups in total. The zero-order valence-corrected chi connectivity index (χ0v) is 17.1. The molecule has 160 valence electrons. The Kier molecular flexibility index (Phi) is 3.85. The molecule has 0 saturated heterocycles. The summed E-state index contributed by atoms with van der Waals surface area (Å²) in [6, 6.07) is 8.48. The summed E-state index contributed by atoms with van der Waals surface area (Å²) in [5.74, 6) is -1.39. The molecule has 2 bridgehead atoms. The summed E-state index contributed by atoms with van der Waals surface area (Å²) in [6.45, 7) is 8.10. The van der Waals surface area contributed by atoms with Crippen molar-refractivity contribution in [2.45, 2.75) is 38.3 Å². The number of carbonyl (C=O) groups excluding carboxylic acids is 1. The summed E-state index contributed by atoms with van der Waals surface area (Å²) in [5, 5.41) is 11.1. The van der Waals surface area contributed by atoms with Crippen molar-refractivity contribution >= 4 is 28.7 Å². The number of aromatic nitrogens is 2. The van der Waals surface area contributed by atoms with Crippen LogP contribution in [0.15, 0.2) is 47.7 Å². The minimum atomic E-state index is -0.658. The fourth-order valence-electron chi connectivity index (χ4n) is 5.94. The zero-order chi connectivity index (χ0) is 22.1. The van der Waals surface area contributed by atoms with Gasteiger partial charge in [-0.05, 0) is 42.4 Å². The van der Waals surface area contributed by atoms with Crippen molar-refractivity contribution in [1.82, 2.24) is 14.8 Å². The van der Waals surface area contributed by atoms with Crippen molar-refractivity contribution in [2.24, 2.45) is 15.9 Å². The van der Waals surface area contributed by atoms with E-state index in [1.807, 2.05) is 16.8 Å². The van der Waals surface area contributed by atoms with Crippen LogP contribution >= 0.6 is 0 Å². The minimum absolute atomic E-state index is 0.00630. The van der Waals surface area contributed by atoms with Crippen LogP contribution in [0.5, 0.6) is 0 Å². The Bertz CT molecular complexity index is 1310. The number of rotatable bonds is 4. The molecular formula is C24H19F2N5O. The van der Waals surface area contributed by atoms with Gasteiger partial charge in [-0.2, -0.15) is 10.2 Å². The van der Waals surface area contributed by atoms with Gasteiger partial charge in [0.25, 0.3) is 0 Å². The normalized spacial score (nSPS) is 27.8. The maximum Gasteiger partial charge on any atom is 0.249 e. The summed E-state index contributed by atoms with van der Waals surface area (Å²) in [6.07, 6.45) is 6.05. The van der Waals surface area contributed by atoms with Crippen LogP contribution in [-0.4, -0.2) is 26.9 Å². The molecule has 1 atom stereocenters. The summed E-state index contributed by atoms with van der Waals surface area (Å²) < 4.78 is 29.3. The number of hydrazone groups is 1. The Morgan fingerprint density at radius 3 is 2.66 bits per heavy atom. The van der Waals surface area contributed by atoms with Crippen molar-refractivity contribution in [2.75, 3.05) is 0 Å². The van der Waals surface area contributed by atoms with Gasteiger partial charge in [0, 0.05) is 30.6 Å². The number of halogens is 2. The molecule has 0 radical (unpaired) electrons. The van der Waals surface area contributed by atoms with Gasteiger partial charge in [0.05, 0.1) is 29.7 Å². The third-order valence-corrected chi connectivity index (χ3v) is 7.15. The number of hydrogen-bond donors (Lipinski definition) is 0. The Labute approximate surface area is 182 Å². The Morgan fingerprint density at radius 2 is 1.94 bits per heavy atom. The van der Waals surface area contributed by atoms with E-state index >= 15 is 0 Å². The first-order valence-corrected chi connectivity index (χ1v) is 10.6. The van der Waals surface area contributed by atoms with E-state index in [0.29, 0.717) is 24.2 Å². The van der Waals surface area contributed by atoms with Crippen molar-refractivity contribution < 1.29 is 13.6 Å². The number of hydrogen-bond acceptors (Lipinski definition) is 3. The number of nitrogens with zero attached hydrogens (tertiary/aromatic N) is 5. The number of benzene rings is 2. The van der Waals surface area contributed by atoms with Gasteiger partial charge in [-0.1, -0.05) is 18.2 Å². The first-order valence-electron chi connectivity index (χ1n) is 10.6. The molecule has 4 aliphatic rings. The Morgan fingerprint density at radius 1 is 1.19 bits per heavy atom. The molecule has 2 aromatic carbocycles. The highest BCUT2D eigenvalue weighted by Crippen LogP contribution is 2.74. The highest BCUT2D eigenvalue weighted by atomic mass is 19.1. The lowest BCUT2D eigenvalue weighted by Crippen LogP contribution is -2.68. The van der Waals surface area contributed by atoms with Crippen LogP contribution in [0.1, 0.15) is 37.3 Å². The lowest BCUT2D eigenvalue weighted by atomic mass is 9.34. The Hall–Kier alpha value is -3.60. The zero-order valence-electron chi connectivity index (χ0n) is 17.1. The van der Waals surface area contributed by atoms with Crippen LogP contribution in [0, 0.1) is 29.0 Å². The van der Waals surface area contributed by atoms with E-state index in [0.717, 1.165) is 36.2 Å². The highest BCUT2D eigenvalue weighted by Gasteiger charge is 2.72. The summed E-state index contributed by atoms with van der Waals surface area (Å²) >= 11 is 0. The molecule has 1 aliphatic heterocycles. The first-order chi connectivity index (χ1) is 15.4. The molecule has 3 saturated carbocycles. The number of amides is 1. The third kappa shape index (κ3) is 2.63. The van der Waals surface area contributed by atoms with E-state index in [4.69, 9.17) is 6.57 Å². The molecule has 2 heterocycles. The van der Waals surface area contributed by atoms with Gasteiger partial charge in [0.2, 0.25) is 11.6 Å². The van der Waals surface area contributed by atoms with E-state index in [9.17, 15) is 13.6 Å². The van der Waals surface area contributed by atoms with E-state index in [-0.39, 0.29) is 11.3 Å². The highest BCUT2D eigenvalue weighted by molar-refractivity contribution is 5.91. The van der Waals surface area contributed by atoms with Gasteiger partial charge >= 0.3 is 0 Å². The fraction of sp³-hybridized carbons (Fsp3) is 0.333. The molecule has 1 aromatic heterocycles. The molecule has 3 aromatic rings. The van der Waals surface area contributed by atoms with Gasteiger partial charge in [0.15, 0.2) is 0 Å². The molecule has 1 amide bonds. The van der Waals surface area contributed by atoms with Crippen molar-refractivity contribution in [3.8, 4) is 0 Å². The van der Waals surface area contributed by atoms with Crippen molar-refractivity contribution in [3.05, 3.63) is 71.2 Å². The predicted molar refractivity (Wildman–Crippen MR) is 114 cm³/mol. The molecule has 32 heavy (non-hydrogen) atoms. The smallest absolute Gasteiger partial charge is 0.249 e. The van der Waals surface area contributed by atoms with E-state index in [2.05, 4.69) is 15.0 Å². The fourth-order valence-corrected chi connectivity index (χ4v) is 5.94. The average molecular weight is 431 g/mol. The summed E-state index contributed by atoms with van der Waals surface area (Å²) in [4.78, 5) is 17.0. The molecule has 3 fully saturated rings. The third-order valence-electron chi connectivity index (χ3n) is 7.15. The van der Waals surface area contributed by atoms with Crippen LogP contribution in [-0.2, 0) is 11.3 Å². The standard InChI is InChI=1S/C24H19F2N5O/c1-27-19-4-2-3-15-10-29-30(21(15)19)14-23-11-24(12-23,13-23)22(32)31-20(5-6-28-31)16-7-17(25)9-18(26)8-16/h2-4,6-10,20H,5,11-14H2. The van der Waals surface area contributed by atoms with E-state index in [1.165, 1.54) is 17.1 Å². The van der Waals surface area contributed by atoms with E-state index in [1.54, 1.807) is 18.5 Å². The lowest BCUT2D eigenvalue weighted by molar-refractivity contribution is -0.223. The van der Waals surface area contributed by atoms with Crippen LogP contribution in [0.4, 0.5) is 14.5 Å². The molecule has 8 heteroatoms. The van der Waals surface area contributed by atoms with E-state index < -0.39 is 23.1 Å². The van der Waals surface area contributed by atoms with Crippen molar-refractivity contribution in [3.63, 3.8) is 0 Å². The monoisotopic (exact) mass is 431 g/mol. The predicted octanol–water partition coefficient (Wildman–Crippen LogP) is 4.99. The van der Waals surface area contributed by atoms with Crippen molar-refractivity contribution in [1.29, 1.82) is 0 Å². The van der Waals surface area contributed by atoms with Gasteiger partial charge in [-0.3, -0.25) is 9.48 Å². The summed E-state index contributed by atoms with van der Waals surface area (Å²) in [7, 11) is 0. The molecule has 1 unspecified atom stereocenters. The minimum Gasteiger partial charge on any atom is -0.275 e. The molecule has 3 aliphatic carbocycles. The molecular weight excluding hydrogens is 412 g/mol. The summed E-state index contributed by atoms with van der Waals surface area (Å²) in [5.41, 5.74) is 1.37. The second-order valence-corrected chi connectivity index (χ2v) is 9.34.